The molecule has 0 aliphatic heterocycles. The fourth-order valence-corrected chi connectivity index (χ4v) is 2.41. The van der Waals surface area contributed by atoms with Crippen LogP contribution in [0.15, 0.2) is 34.7 Å². The van der Waals surface area contributed by atoms with E-state index in [4.69, 9.17) is 4.42 Å². The van der Waals surface area contributed by atoms with Crippen LogP contribution in [0.25, 0.3) is 0 Å². The highest BCUT2D eigenvalue weighted by molar-refractivity contribution is 6.07. The zero-order chi connectivity index (χ0) is 11.8. The SMILES string of the molecule is Cc1ccc(C(=O)c2ccc3c(c2)CCC3)o1. The molecule has 1 aromatic heterocycles. The van der Waals surface area contributed by atoms with Gasteiger partial charge in [0, 0.05) is 5.56 Å². The van der Waals surface area contributed by atoms with E-state index >= 15 is 0 Å². The maximum atomic E-state index is 12.2. The van der Waals surface area contributed by atoms with E-state index in [2.05, 4.69) is 6.07 Å². The van der Waals surface area contributed by atoms with Crippen molar-refractivity contribution in [1.82, 2.24) is 0 Å². The zero-order valence-corrected chi connectivity index (χ0v) is 9.82. The molecule has 2 heteroatoms. The Bertz CT molecular complexity index is 578. The lowest BCUT2D eigenvalue weighted by Crippen LogP contribution is -2.00. The van der Waals surface area contributed by atoms with Crippen molar-refractivity contribution in [2.75, 3.05) is 0 Å². The number of carbonyl (C=O) groups is 1. The van der Waals surface area contributed by atoms with Crippen LogP contribution in [0.2, 0.25) is 0 Å². The van der Waals surface area contributed by atoms with Crippen LogP contribution in [0.3, 0.4) is 0 Å². The van der Waals surface area contributed by atoms with Gasteiger partial charge in [0.1, 0.15) is 5.76 Å². The summed E-state index contributed by atoms with van der Waals surface area (Å²) in [5.74, 6) is 1.18. The van der Waals surface area contributed by atoms with Crippen LogP contribution >= 0.6 is 0 Å². The third-order valence-corrected chi connectivity index (χ3v) is 3.32. The van der Waals surface area contributed by atoms with Gasteiger partial charge in [-0.2, -0.15) is 0 Å². The van der Waals surface area contributed by atoms with Crippen LogP contribution in [0, 0.1) is 6.92 Å². The molecule has 0 bridgehead atoms. The second-order valence-electron chi connectivity index (χ2n) is 4.58. The minimum atomic E-state index is -0.0206. The molecule has 0 spiro atoms. The van der Waals surface area contributed by atoms with Gasteiger partial charge < -0.3 is 4.42 Å². The third kappa shape index (κ3) is 1.80. The summed E-state index contributed by atoms with van der Waals surface area (Å²) in [5.41, 5.74) is 3.44. The van der Waals surface area contributed by atoms with Crippen molar-refractivity contribution in [3.8, 4) is 0 Å². The van der Waals surface area contributed by atoms with Crippen molar-refractivity contribution in [2.45, 2.75) is 26.2 Å². The number of hydrogen-bond acceptors (Lipinski definition) is 2. The van der Waals surface area contributed by atoms with Gasteiger partial charge in [-0.15, -0.1) is 0 Å². The predicted molar refractivity (Wildman–Crippen MR) is 65.3 cm³/mol. The molecule has 2 aromatic rings. The van der Waals surface area contributed by atoms with Crippen molar-refractivity contribution in [3.63, 3.8) is 0 Å². The summed E-state index contributed by atoms with van der Waals surface area (Å²) in [6.45, 7) is 1.85. The van der Waals surface area contributed by atoms with E-state index in [0.29, 0.717) is 5.76 Å². The molecule has 0 saturated carbocycles. The van der Waals surface area contributed by atoms with E-state index in [0.717, 1.165) is 24.2 Å². The van der Waals surface area contributed by atoms with Crippen LogP contribution in [0.5, 0.6) is 0 Å². The third-order valence-electron chi connectivity index (χ3n) is 3.32. The number of rotatable bonds is 2. The Morgan fingerprint density at radius 2 is 1.94 bits per heavy atom. The van der Waals surface area contributed by atoms with E-state index in [1.54, 1.807) is 6.07 Å². The first-order valence-electron chi connectivity index (χ1n) is 5.97. The lowest BCUT2D eigenvalue weighted by atomic mass is 10.0. The van der Waals surface area contributed by atoms with Gasteiger partial charge in [0.15, 0.2) is 5.76 Å². The molecular formula is C15H14O2. The van der Waals surface area contributed by atoms with Gasteiger partial charge in [0.05, 0.1) is 0 Å². The summed E-state index contributed by atoms with van der Waals surface area (Å²) < 4.78 is 5.37. The van der Waals surface area contributed by atoms with Gasteiger partial charge in [0.25, 0.3) is 0 Å². The molecule has 1 aromatic carbocycles. The summed E-state index contributed by atoms with van der Waals surface area (Å²) in [4.78, 5) is 12.2. The number of ketones is 1. The first-order valence-corrected chi connectivity index (χ1v) is 5.97. The fraction of sp³-hybridized carbons (Fsp3) is 0.267. The molecular weight excluding hydrogens is 212 g/mol. The van der Waals surface area contributed by atoms with Crippen LogP contribution in [0.1, 0.15) is 39.4 Å². The summed E-state index contributed by atoms with van der Waals surface area (Å²) in [7, 11) is 0. The molecule has 0 saturated heterocycles. The number of aryl methyl sites for hydroxylation is 3. The normalized spacial score (nSPS) is 13.7. The molecule has 0 atom stereocenters. The number of hydrogen-bond donors (Lipinski definition) is 0. The first kappa shape index (κ1) is 10.3. The Hall–Kier alpha value is -1.83. The van der Waals surface area contributed by atoms with Crippen molar-refractivity contribution in [3.05, 3.63) is 58.5 Å². The number of benzene rings is 1. The average molecular weight is 226 g/mol. The molecule has 1 aliphatic carbocycles. The Balaban J connectivity index is 1.97. The first-order chi connectivity index (χ1) is 8.24. The zero-order valence-electron chi connectivity index (χ0n) is 9.82. The molecule has 3 rings (SSSR count). The van der Waals surface area contributed by atoms with E-state index in [9.17, 15) is 4.79 Å². The van der Waals surface area contributed by atoms with Gasteiger partial charge in [-0.3, -0.25) is 4.79 Å². The minimum absolute atomic E-state index is 0.0206. The largest absolute Gasteiger partial charge is 0.458 e. The monoisotopic (exact) mass is 226 g/mol. The lowest BCUT2D eigenvalue weighted by molar-refractivity contribution is 0.101. The van der Waals surface area contributed by atoms with Gasteiger partial charge in [0.2, 0.25) is 5.78 Å². The smallest absolute Gasteiger partial charge is 0.228 e. The quantitative estimate of drug-likeness (QED) is 0.735. The fourth-order valence-electron chi connectivity index (χ4n) is 2.41. The van der Waals surface area contributed by atoms with Crippen molar-refractivity contribution < 1.29 is 9.21 Å². The summed E-state index contributed by atoms with van der Waals surface area (Å²) in [6, 6.07) is 9.56. The summed E-state index contributed by atoms with van der Waals surface area (Å²) in [6.07, 6.45) is 3.43. The topological polar surface area (TPSA) is 30.2 Å². The molecule has 1 heterocycles. The maximum Gasteiger partial charge on any atom is 0.228 e. The minimum Gasteiger partial charge on any atom is -0.458 e. The van der Waals surface area contributed by atoms with Gasteiger partial charge in [-0.05, 0) is 55.5 Å². The van der Waals surface area contributed by atoms with Crippen molar-refractivity contribution in [1.29, 1.82) is 0 Å². The standard InChI is InChI=1S/C15H14O2/c1-10-5-8-14(17-10)15(16)13-7-6-11-3-2-4-12(11)9-13/h5-9H,2-4H2,1H3. The van der Waals surface area contributed by atoms with Gasteiger partial charge in [-0.25, -0.2) is 0 Å². The Morgan fingerprint density at radius 1 is 1.12 bits per heavy atom. The number of carbonyl (C=O) groups excluding carboxylic acids is 1. The Morgan fingerprint density at radius 3 is 2.71 bits per heavy atom. The molecule has 1 aliphatic rings. The number of furan rings is 1. The van der Waals surface area contributed by atoms with E-state index in [1.807, 2.05) is 25.1 Å². The van der Waals surface area contributed by atoms with Gasteiger partial charge >= 0.3 is 0 Å². The summed E-state index contributed by atoms with van der Waals surface area (Å²) in [5, 5.41) is 0. The summed E-state index contributed by atoms with van der Waals surface area (Å²) >= 11 is 0. The van der Waals surface area contributed by atoms with Crippen LogP contribution in [-0.4, -0.2) is 5.78 Å². The molecule has 86 valence electrons. The maximum absolute atomic E-state index is 12.2. The highest BCUT2D eigenvalue weighted by Gasteiger charge is 2.16. The average Bonchev–Trinajstić information content (AvgIpc) is 2.95. The molecule has 0 radical (unpaired) electrons. The Kier molecular flexibility index (Phi) is 2.36. The predicted octanol–water partition coefficient (Wildman–Crippen LogP) is 3.31. The molecule has 0 unspecified atom stereocenters. The lowest BCUT2D eigenvalue weighted by Gasteiger charge is -2.02. The molecule has 2 nitrogen and oxygen atoms in total. The van der Waals surface area contributed by atoms with Crippen molar-refractivity contribution in [2.24, 2.45) is 0 Å². The van der Waals surface area contributed by atoms with Gasteiger partial charge in [-0.1, -0.05) is 12.1 Å². The van der Waals surface area contributed by atoms with E-state index in [-0.39, 0.29) is 5.78 Å². The van der Waals surface area contributed by atoms with E-state index < -0.39 is 0 Å². The van der Waals surface area contributed by atoms with Crippen LogP contribution < -0.4 is 0 Å². The highest BCUT2D eigenvalue weighted by Crippen LogP contribution is 2.24. The second kappa shape index (κ2) is 3.88. The molecule has 0 amide bonds. The molecule has 17 heavy (non-hydrogen) atoms. The van der Waals surface area contributed by atoms with Crippen LogP contribution in [-0.2, 0) is 12.8 Å². The number of fused-ring (bicyclic) bond motifs is 1. The van der Waals surface area contributed by atoms with Crippen LogP contribution in [0.4, 0.5) is 0 Å². The Labute approximate surface area is 100 Å². The second-order valence-corrected chi connectivity index (χ2v) is 4.58. The molecule has 0 fully saturated rings. The van der Waals surface area contributed by atoms with E-state index in [1.165, 1.54) is 17.5 Å². The highest BCUT2D eigenvalue weighted by atomic mass is 16.3. The molecule has 0 N–H and O–H groups in total. The van der Waals surface area contributed by atoms with Crippen molar-refractivity contribution >= 4 is 5.78 Å².